The molecule has 1 heterocycles. The molecule has 0 saturated heterocycles. The average Bonchev–Trinajstić information content (AvgIpc) is 2.18. The number of rotatable bonds is 4. The molecule has 76 valence electrons. The lowest BCUT2D eigenvalue weighted by Crippen LogP contribution is -2.27. The predicted octanol–water partition coefficient (Wildman–Crippen LogP) is 0.0400. The minimum Gasteiger partial charge on any atom is -0.384 e. The van der Waals surface area contributed by atoms with Gasteiger partial charge in [-0.2, -0.15) is 0 Å². The topological polar surface area (TPSA) is 77.2 Å². The molecule has 0 aliphatic heterocycles. The summed E-state index contributed by atoms with van der Waals surface area (Å²) in [5, 5.41) is 2.65. The number of anilines is 1. The monoisotopic (exact) mass is 195 g/mol. The lowest BCUT2D eigenvalue weighted by molar-refractivity contribution is 0.0932. The van der Waals surface area contributed by atoms with Gasteiger partial charge in [-0.1, -0.05) is 6.07 Å². The van der Waals surface area contributed by atoms with Crippen molar-refractivity contribution in [3.63, 3.8) is 0 Å². The van der Waals surface area contributed by atoms with Crippen LogP contribution in [0.15, 0.2) is 18.2 Å². The second-order valence-corrected chi connectivity index (χ2v) is 2.70. The number of nitrogens with zero attached hydrogens (tertiary/aromatic N) is 1. The van der Waals surface area contributed by atoms with Gasteiger partial charge in [-0.05, 0) is 12.1 Å². The molecule has 1 rings (SSSR count). The summed E-state index contributed by atoms with van der Waals surface area (Å²) in [6, 6.07) is 4.93. The fourth-order valence-electron chi connectivity index (χ4n) is 0.935. The van der Waals surface area contributed by atoms with Crippen molar-refractivity contribution in [2.75, 3.05) is 26.0 Å². The molecule has 1 aromatic heterocycles. The Balaban J connectivity index is 2.52. The summed E-state index contributed by atoms with van der Waals surface area (Å²) in [7, 11) is 1.57. The van der Waals surface area contributed by atoms with Gasteiger partial charge in [0.15, 0.2) is 0 Å². The van der Waals surface area contributed by atoms with Crippen LogP contribution in [-0.2, 0) is 4.74 Å². The van der Waals surface area contributed by atoms with E-state index in [1.54, 1.807) is 25.3 Å². The lowest BCUT2D eigenvalue weighted by Gasteiger charge is -2.03. The van der Waals surface area contributed by atoms with Crippen molar-refractivity contribution < 1.29 is 9.53 Å². The van der Waals surface area contributed by atoms with Crippen LogP contribution in [-0.4, -0.2) is 31.2 Å². The molecule has 0 radical (unpaired) electrons. The molecular weight excluding hydrogens is 182 g/mol. The zero-order chi connectivity index (χ0) is 10.4. The van der Waals surface area contributed by atoms with Crippen molar-refractivity contribution in [2.45, 2.75) is 0 Å². The summed E-state index contributed by atoms with van der Waals surface area (Å²) in [4.78, 5) is 15.3. The van der Waals surface area contributed by atoms with Crippen LogP contribution in [0.3, 0.4) is 0 Å². The Morgan fingerprint density at radius 3 is 3.07 bits per heavy atom. The van der Waals surface area contributed by atoms with Gasteiger partial charge in [-0.15, -0.1) is 0 Å². The van der Waals surface area contributed by atoms with Gasteiger partial charge in [0.2, 0.25) is 0 Å². The van der Waals surface area contributed by atoms with Gasteiger partial charge in [-0.25, -0.2) is 4.98 Å². The summed E-state index contributed by atoms with van der Waals surface area (Å²) < 4.78 is 4.79. The van der Waals surface area contributed by atoms with Crippen LogP contribution < -0.4 is 11.1 Å². The number of methoxy groups -OCH3 is 1. The Hall–Kier alpha value is -1.62. The minimum atomic E-state index is -0.241. The van der Waals surface area contributed by atoms with E-state index in [1.165, 1.54) is 0 Å². The number of hydrogen-bond donors (Lipinski definition) is 2. The van der Waals surface area contributed by atoms with Crippen molar-refractivity contribution in [2.24, 2.45) is 0 Å². The van der Waals surface area contributed by atoms with E-state index in [-0.39, 0.29) is 5.91 Å². The molecule has 0 unspecified atom stereocenters. The van der Waals surface area contributed by atoms with Gasteiger partial charge in [-0.3, -0.25) is 4.79 Å². The highest BCUT2D eigenvalue weighted by Gasteiger charge is 2.05. The fourth-order valence-corrected chi connectivity index (χ4v) is 0.935. The molecule has 14 heavy (non-hydrogen) atoms. The van der Waals surface area contributed by atoms with Gasteiger partial charge >= 0.3 is 0 Å². The second kappa shape index (κ2) is 5.18. The molecule has 0 aliphatic carbocycles. The van der Waals surface area contributed by atoms with Crippen LogP contribution in [0.4, 0.5) is 5.82 Å². The molecule has 1 amide bonds. The Labute approximate surface area is 82.3 Å². The van der Waals surface area contributed by atoms with Crippen molar-refractivity contribution in [1.29, 1.82) is 0 Å². The number of carbonyl (C=O) groups is 1. The van der Waals surface area contributed by atoms with E-state index in [0.29, 0.717) is 24.7 Å². The molecule has 5 nitrogen and oxygen atoms in total. The first kappa shape index (κ1) is 10.5. The highest BCUT2D eigenvalue weighted by atomic mass is 16.5. The molecule has 0 spiro atoms. The maximum absolute atomic E-state index is 11.4. The van der Waals surface area contributed by atoms with Crippen molar-refractivity contribution >= 4 is 11.7 Å². The molecule has 1 aromatic rings. The molecular formula is C9H13N3O2. The quantitative estimate of drug-likeness (QED) is 0.665. The van der Waals surface area contributed by atoms with Crippen LogP contribution in [0.2, 0.25) is 0 Å². The zero-order valence-corrected chi connectivity index (χ0v) is 7.99. The Morgan fingerprint density at radius 2 is 2.43 bits per heavy atom. The summed E-state index contributed by atoms with van der Waals surface area (Å²) in [5.74, 6) is 0.0961. The van der Waals surface area contributed by atoms with E-state index >= 15 is 0 Å². The SMILES string of the molecule is COCCNC(=O)c1cccc(N)n1. The summed E-state index contributed by atoms with van der Waals surface area (Å²) in [6.45, 7) is 0.944. The van der Waals surface area contributed by atoms with Crippen molar-refractivity contribution in [3.8, 4) is 0 Å². The number of hydrogen-bond acceptors (Lipinski definition) is 4. The van der Waals surface area contributed by atoms with E-state index in [1.807, 2.05) is 0 Å². The third-order valence-corrected chi connectivity index (χ3v) is 1.60. The Bertz CT molecular complexity index is 315. The van der Waals surface area contributed by atoms with Gasteiger partial charge in [0.25, 0.3) is 5.91 Å². The van der Waals surface area contributed by atoms with Gasteiger partial charge in [0.1, 0.15) is 11.5 Å². The van der Waals surface area contributed by atoms with E-state index in [9.17, 15) is 4.79 Å². The average molecular weight is 195 g/mol. The number of nitrogens with one attached hydrogen (secondary N) is 1. The van der Waals surface area contributed by atoms with E-state index in [2.05, 4.69) is 10.3 Å². The van der Waals surface area contributed by atoms with E-state index < -0.39 is 0 Å². The maximum atomic E-state index is 11.4. The lowest BCUT2D eigenvalue weighted by atomic mass is 10.3. The summed E-state index contributed by atoms with van der Waals surface area (Å²) in [5.41, 5.74) is 5.76. The molecule has 0 aromatic carbocycles. The van der Waals surface area contributed by atoms with E-state index in [4.69, 9.17) is 10.5 Å². The summed E-state index contributed by atoms with van der Waals surface area (Å²) >= 11 is 0. The van der Waals surface area contributed by atoms with Crippen LogP contribution in [0.25, 0.3) is 0 Å². The largest absolute Gasteiger partial charge is 0.384 e. The van der Waals surface area contributed by atoms with E-state index in [0.717, 1.165) is 0 Å². The number of amides is 1. The second-order valence-electron chi connectivity index (χ2n) is 2.70. The Kier molecular flexibility index (Phi) is 3.87. The normalized spacial score (nSPS) is 9.79. The first-order chi connectivity index (χ1) is 6.74. The Morgan fingerprint density at radius 1 is 1.64 bits per heavy atom. The number of carbonyl (C=O) groups excluding carboxylic acids is 1. The highest BCUT2D eigenvalue weighted by molar-refractivity contribution is 5.92. The number of aromatic nitrogens is 1. The molecule has 5 heteroatoms. The first-order valence-electron chi connectivity index (χ1n) is 4.23. The predicted molar refractivity (Wildman–Crippen MR) is 52.9 cm³/mol. The van der Waals surface area contributed by atoms with Crippen LogP contribution >= 0.6 is 0 Å². The van der Waals surface area contributed by atoms with Crippen molar-refractivity contribution in [3.05, 3.63) is 23.9 Å². The molecule has 0 aliphatic rings. The third kappa shape index (κ3) is 3.02. The van der Waals surface area contributed by atoms with Crippen LogP contribution in [0, 0.1) is 0 Å². The van der Waals surface area contributed by atoms with Crippen LogP contribution in [0.1, 0.15) is 10.5 Å². The van der Waals surface area contributed by atoms with Gasteiger partial charge < -0.3 is 15.8 Å². The molecule has 0 saturated carbocycles. The maximum Gasteiger partial charge on any atom is 0.270 e. The number of ether oxygens (including phenoxy) is 1. The fraction of sp³-hybridized carbons (Fsp3) is 0.333. The van der Waals surface area contributed by atoms with Crippen LogP contribution in [0.5, 0.6) is 0 Å². The molecule has 3 N–H and O–H groups in total. The number of pyridine rings is 1. The molecule has 0 fully saturated rings. The summed E-state index contributed by atoms with van der Waals surface area (Å²) in [6.07, 6.45) is 0. The highest BCUT2D eigenvalue weighted by Crippen LogP contribution is 1.99. The zero-order valence-electron chi connectivity index (χ0n) is 7.99. The first-order valence-corrected chi connectivity index (χ1v) is 4.23. The van der Waals surface area contributed by atoms with Crippen molar-refractivity contribution in [1.82, 2.24) is 10.3 Å². The molecule has 0 bridgehead atoms. The minimum absolute atomic E-state index is 0.241. The standard InChI is InChI=1S/C9H13N3O2/c1-14-6-5-11-9(13)7-3-2-4-8(10)12-7/h2-4H,5-6H2,1H3,(H2,10,12)(H,11,13). The number of nitrogens with two attached hydrogens (primary N) is 1. The third-order valence-electron chi connectivity index (χ3n) is 1.60. The van der Waals surface area contributed by atoms with Gasteiger partial charge in [0.05, 0.1) is 6.61 Å². The van der Waals surface area contributed by atoms with Gasteiger partial charge in [0, 0.05) is 13.7 Å². The molecule has 0 atom stereocenters. The number of nitrogen functional groups attached to an aromatic ring is 1. The smallest absolute Gasteiger partial charge is 0.270 e.